The molecule has 0 radical (unpaired) electrons. The van der Waals surface area contributed by atoms with Crippen LogP contribution in [-0.2, 0) is 0 Å². The molecular weight excluding hydrogens is 232 g/mol. The maximum Gasteiger partial charge on any atom is 0.224 e. The minimum absolute atomic E-state index is 0.0270. The van der Waals surface area contributed by atoms with Gasteiger partial charge in [-0.2, -0.15) is 9.97 Å². The predicted molar refractivity (Wildman–Crippen MR) is 70.1 cm³/mol. The number of fused-ring (bicyclic) bond motifs is 1. The third-order valence-electron chi connectivity index (χ3n) is 2.83. The minimum atomic E-state index is -0.0270. The number of nitrogens with zero attached hydrogens (tertiary/aromatic N) is 3. The lowest BCUT2D eigenvalue weighted by molar-refractivity contribution is 0.220. The number of aliphatic hydroxyl groups excluding tert-OH is 1. The molecule has 0 atom stereocenters. The Morgan fingerprint density at radius 1 is 1.44 bits per heavy atom. The van der Waals surface area contributed by atoms with Crippen LogP contribution in [0.25, 0.3) is 11.2 Å². The Bertz CT molecular complexity index is 535. The number of nitrogen functional groups attached to an aromatic ring is 1. The Balaban J connectivity index is 2.19. The summed E-state index contributed by atoms with van der Waals surface area (Å²) in [5, 5.41) is 12.2. The van der Waals surface area contributed by atoms with Gasteiger partial charge < -0.3 is 21.1 Å². The molecule has 98 valence electrons. The van der Waals surface area contributed by atoms with E-state index in [1.807, 2.05) is 0 Å². The lowest BCUT2D eigenvalue weighted by Gasteiger charge is -2.24. The molecule has 2 aromatic heterocycles. The summed E-state index contributed by atoms with van der Waals surface area (Å²) in [6.07, 6.45) is 2.27. The second-order valence-corrected chi connectivity index (χ2v) is 5.02. The number of nitrogens with two attached hydrogens (primary N) is 1. The summed E-state index contributed by atoms with van der Waals surface area (Å²) in [6.45, 7) is 4.99. The van der Waals surface area contributed by atoms with Crippen LogP contribution in [0.4, 0.5) is 11.8 Å². The number of aliphatic hydroxyl groups is 1. The zero-order valence-corrected chi connectivity index (χ0v) is 10.6. The average Bonchev–Trinajstić information content (AvgIpc) is 2.73. The SMILES string of the molecule is CC(C)(CCO)CNc1nc(N)nc2nc[nH]c12. The van der Waals surface area contributed by atoms with Crippen molar-refractivity contribution in [2.75, 3.05) is 24.2 Å². The fourth-order valence-corrected chi connectivity index (χ4v) is 1.69. The lowest BCUT2D eigenvalue weighted by atomic mass is 9.90. The standard InChI is InChI=1S/C11H18N6O/c1-11(2,3-4-18)5-13-8-7-9(15-6-14-7)17-10(12)16-8/h6,18H,3-5H2,1-2H3,(H4,12,13,14,15,16,17). The molecule has 2 heterocycles. The van der Waals surface area contributed by atoms with Gasteiger partial charge >= 0.3 is 0 Å². The molecule has 0 unspecified atom stereocenters. The van der Waals surface area contributed by atoms with Crippen LogP contribution < -0.4 is 11.1 Å². The third-order valence-corrected chi connectivity index (χ3v) is 2.83. The van der Waals surface area contributed by atoms with Crippen LogP contribution in [0.2, 0.25) is 0 Å². The van der Waals surface area contributed by atoms with E-state index in [0.29, 0.717) is 24.4 Å². The Hall–Kier alpha value is -1.89. The molecule has 0 aliphatic carbocycles. The molecule has 2 aromatic rings. The largest absolute Gasteiger partial charge is 0.396 e. The van der Waals surface area contributed by atoms with Gasteiger partial charge in [-0.1, -0.05) is 13.8 Å². The molecule has 0 saturated heterocycles. The van der Waals surface area contributed by atoms with Crippen molar-refractivity contribution in [3.8, 4) is 0 Å². The maximum absolute atomic E-state index is 8.99. The first-order chi connectivity index (χ1) is 8.52. The van der Waals surface area contributed by atoms with Gasteiger partial charge in [0.05, 0.1) is 6.33 Å². The van der Waals surface area contributed by atoms with Crippen LogP contribution >= 0.6 is 0 Å². The number of hydrogen-bond donors (Lipinski definition) is 4. The van der Waals surface area contributed by atoms with Crippen LogP contribution in [0, 0.1) is 5.41 Å². The normalized spacial score (nSPS) is 11.9. The fraction of sp³-hybridized carbons (Fsp3) is 0.545. The summed E-state index contributed by atoms with van der Waals surface area (Å²) in [7, 11) is 0. The van der Waals surface area contributed by atoms with E-state index in [9.17, 15) is 0 Å². The number of rotatable bonds is 5. The highest BCUT2D eigenvalue weighted by Gasteiger charge is 2.18. The molecule has 0 aromatic carbocycles. The van der Waals surface area contributed by atoms with Crippen LogP contribution in [0.15, 0.2) is 6.33 Å². The van der Waals surface area contributed by atoms with Gasteiger partial charge in [-0.05, 0) is 11.8 Å². The predicted octanol–water partition coefficient (Wildman–Crippen LogP) is 0.756. The molecule has 0 spiro atoms. The molecule has 18 heavy (non-hydrogen) atoms. The molecule has 0 amide bonds. The van der Waals surface area contributed by atoms with Crippen LogP contribution in [0.3, 0.4) is 0 Å². The molecule has 0 fully saturated rings. The van der Waals surface area contributed by atoms with Gasteiger partial charge in [-0.25, -0.2) is 4.98 Å². The molecule has 7 nitrogen and oxygen atoms in total. The first-order valence-corrected chi connectivity index (χ1v) is 5.83. The van der Waals surface area contributed by atoms with E-state index < -0.39 is 0 Å². The second-order valence-electron chi connectivity index (χ2n) is 5.02. The van der Waals surface area contributed by atoms with E-state index in [0.717, 1.165) is 5.52 Å². The van der Waals surface area contributed by atoms with Gasteiger partial charge in [0.15, 0.2) is 11.5 Å². The first-order valence-electron chi connectivity index (χ1n) is 5.83. The smallest absolute Gasteiger partial charge is 0.224 e. The van der Waals surface area contributed by atoms with E-state index >= 15 is 0 Å². The minimum Gasteiger partial charge on any atom is -0.396 e. The lowest BCUT2D eigenvalue weighted by Crippen LogP contribution is -2.25. The maximum atomic E-state index is 8.99. The molecule has 0 aliphatic rings. The Labute approximate surface area is 105 Å². The van der Waals surface area contributed by atoms with Gasteiger partial charge in [0.25, 0.3) is 0 Å². The molecule has 0 saturated carbocycles. The van der Waals surface area contributed by atoms with Gasteiger partial charge in [0.1, 0.15) is 5.52 Å². The Morgan fingerprint density at radius 3 is 2.94 bits per heavy atom. The highest BCUT2D eigenvalue weighted by Crippen LogP contribution is 2.23. The Morgan fingerprint density at radius 2 is 2.22 bits per heavy atom. The van der Waals surface area contributed by atoms with Gasteiger partial charge in [0.2, 0.25) is 5.95 Å². The quantitative estimate of drug-likeness (QED) is 0.623. The van der Waals surface area contributed by atoms with Crippen molar-refractivity contribution in [3.05, 3.63) is 6.33 Å². The van der Waals surface area contributed by atoms with Crippen molar-refractivity contribution in [2.45, 2.75) is 20.3 Å². The molecular formula is C11H18N6O. The molecule has 0 aliphatic heterocycles. The van der Waals surface area contributed by atoms with Gasteiger partial charge in [0, 0.05) is 13.2 Å². The zero-order chi connectivity index (χ0) is 13.2. The highest BCUT2D eigenvalue weighted by molar-refractivity contribution is 5.83. The van der Waals surface area contributed by atoms with Crippen LogP contribution in [0.5, 0.6) is 0 Å². The molecule has 7 heteroatoms. The number of H-pyrrole nitrogens is 1. The van der Waals surface area contributed by atoms with E-state index in [-0.39, 0.29) is 18.0 Å². The van der Waals surface area contributed by atoms with Crippen LogP contribution in [-0.4, -0.2) is 38.2 Å². The molecule has 0 bridgehead atoms. The molecule has 2 rings (SSSR count). The number of anilines is 2. The van der Waals surface area contributed by atoms with Crippen molar-refractivity contribution in [3.63, 3.8) is 0 Å². The third kappa shape index (κ3) is 2.67. The van der Waals surface area contributed by atoms with E-state index in [4.69, 9.17) is 10.8 Å². The zero-order valence-electron chi connectivity index (χ0n) is 10.6. The van der Waals surface area contributed by atoms with E-state index in [1.165, 1.54) is 0 Å². The summed E-state index contributed by atoms with van der Waals surface area (Å²) in [6, 6.07) is 0. The van der Waals surface area contributed by atoms with Crippen LogP contribution in [0.1, 0.15) is 20.3 Å². The summed E-state index contributed by atoms with van der Waals surface area (Å²) in [5.74, 6) is 0.832. The monoisotopic (exact) mass is 250 g/mol. The van der Waals surface area contributed by atoms with Gasteiger partial charge in [-0.3, -0.25) is 0 Å². The topological polar surface area (TPSA) is 113 Å². The summed E-state index contributed by atoms with van der Waals surface area (Å²) < 4.78 is 0. The Kier molecular flexibility index (Phi) is 3.33. The summed E-state index contributed by atoms with van der Waals surface area (Å²) >= 11 is 0. The highest BCUT2D eigenvalue weighted by atomic mass is 16.3. The van der Waals surface area contributed by atoms with Crippen molar-refractivity contribution >= 4 is 22.9 Å². The fourth-order valence-electron chi connectivity index (χ4n) is 1.69. The van der Waals surface area contributed by atoms with E-state index in [1.54, 1.807) is 6.33 Å². The second kappa shape index (κ2) is 4.77. The number of nitrogens with one attached hydrogen (secondary N) is 2. The van der Waals surface area contributed by atoms with Crippen molar-refractivity contribution < 1.29 is 5.11 Å². The van der Waals surface area contributed by atoms with Crippen molar-refractivity contribution in [1.29, 1.82) is 0 Å². The summed E-state index contributed by atoms with van der Waals surface area (Å²) in [5.41, 5.74) is 6.88. The van der Waals surface area contributed by atoms with Crippen molar-refractivity contribution in [1.82, 2.24) is 19.9 Å². The van der Waals surface area contributed by atoms with E-state index in [2.05, 4.69) is 39.1 Å². The van der Waals surface area contributed by atoms with Crippen molar-refractivity contribution in [2.24, 2.45) is 5.41 Å². The number of aromatic amines is 1. The number of imidazole rings is 1. The summed E-state index contributed by atoms with van der Waals surface area (Å²) in [4.78, 5) is 15.2. The number of hydrogen-bond acceptors (Lipinski definition) is 6. The number of aromatic nitrogens is 4. The van der Waals surface area contributed by atoms with Gasteiger partial charge in [-0.15, -0.1) is 0 Å². The average molecular weight is 250 g/mol. The first kappa shape index (κ1) is 12.6. The molecule has 5 N–H and O–H groups in total.